The fraction of sp³-hybridized carbons (Fsp3) is 0.684. The van der Waals surface area contributed by atoms with Crippen molar-refractivity contribution in [2.75, 3.05) is 51.9 Å². The van der Waals surface area contributed by atoms with Crippen molar-refractivity contribution < 1.29 is 14.3 Å². The smallest absolute Gasteiger partial charge is 0.255 e. The van der Waals surface area contributed by atoms with Gasteiger partial charge in [0, 0.05) is 46.6 Å². The molecular weight excluding hydrogens is 318 g/mol. The zero-order valence-corrected chi connectivity index (χ0v) is 15.3. The van der Waals surface area contributed by atoms with Crippen LogP contribution >= 0.6 is 0 Å². The molecule has 1 unspecified atom stereocenters. The fourth-order valence-corrected chi connectivity index (χ4v) is 3.82. The van der Waals surface area contributed by atoms with Gasteiger partial charge < -0.3 is 19.3 Å². The van der Waals surface area contributed by atoms with Crippen LogP contribution in [0.15, 0.2) is 18.3 Å². The monoisotopic (exact) mass is 347 g/mol. The Balaban J connectivity index is 1.59. The van der Waals surface area contributed by atoms with E-state index in [2.05, 4.69) is 9.88 Å². The SMILES string of the molecule is COCC1CCCN(C(=O)c2ccc(N3CCC(OC)CC3)nc2)C1. The van der Waals surface area contributed by atoms with Crippen molar-refractivity contribution in [1.29, 1.82) is 0 Å². The molecule has 1 aromatic heterocycles. The Morgan fingerprint density at radius 2 is 2.00 bits per heavy atom. The normalized spacial score (nSPS) is 22.2. The number of ether oxygens (including phenoxy) is 2. The van der Waals surface area contributed by atoms with Gasteiger partial charge >= 0.3 is 0 Å². The minimum atomic E-state index is 0.0814. The second kappa shape index (κ2) is 8.63. The Morgan fingerprint density at radius 1 is 1.20 bits per heavy atom. The molecule has 0 saturated carbocycles. The molecule has 0 aliphatic carbocycles. The highest BCUT2D eigenvalue weighted by Gasteiger charge is 2.25. The van der Waals surface area contributed by atoms with Crippen molar-refractivity contribution >= 4 is 11.7 Å². The quantitative estimate of drug-likeness (QED) is 0.817. The maximum Gasteiger partial charge on any atom is 0.255 e. The van der Waals surface area contributed by atoms with Crippen LogP contribution in [0.3, 0.4) is 0 Å². The second-order valence-corrected chi connectivity index (χ2v) is 7.04. The Hall–Kier alpha value is -1.66. The van der Waals surface area contributed by atoms with E-state index in [-0.39, 0.29) is 5.91 Å². The maximum absolute atomic E-state index is 12.7. The van der Waals surface area contributed by atoms with Crippen molar-refractivity contribution in [3.05, 3.63) is 23.9 Å². The van der Waals surface area contributed by atoms with Gasteiger partial charge in [0.15, 0.2) is 0 Å². The van der Waals surface area contributed by atoms with Gasteiger partial charge in [0.2, 0.25) is 0 Å². The van der Waals surface area contributed by atoms with E-state index in [1.807, 2.05) is 17.0 Å². The zero-order valence-electron chi connectivity index (χ0n) is 15.3. The molecule has 2 aliphatic rings. The number of pyridine rings is 1. The van der Waals surface area contributed by atoms with Crippen LogP contribution in [0.4, 0.5) is 5.82 Å². The number of hydrogen-bond acceptors (Lipinski definition) is 5. The van der Waals surface area contributed by atoms with E-state index in [1.165, 1.54) is 0 Å². The van der Waals surface area contributed by atoms with Crippen molar-refractivity contribution in [3.8, 4) is 0 Å². The Morgan fingerprint density at radius 3 is 2.64 bits per heavy atom. The molecule has 2 aliphatic heterocycles. The molecule has 0 N–H and O–H groups in total. The van der Waals surface area contributed by atoms with Gasteiger partial charge in [0.1, 0.15) is 5.82 Å². The number of anilines is 1. The van der Waals surface area contributed by atoms with Crippen molar-refractivity contribution in [1.82, 2.24) is 9.88 Å². The summed E-state index contributed by atoms with van der Waals surface area (Å²) in [6.45, 7) is 4.22. The molecule has 0 aromatic carbocycles. The van der Waals surface area contributed by atoms with E-state index in [0.29, 0.717) is 17.6 Å². The highest BCUT2D eigenvalue weighted by molar-refractivity contribution is 5.94. The number of carbonyl (C=O) groups is 1. The lowest BCUT2D eigenvalue weighted by atomic mass is 9.98. The molecule has 0 spiro atoms. The molecule has 3 rings (SSSR count). The Bertz CT molecular complexity index is 554. The predicted octanol–water partition coefficient (Wildman–Crippen LogP) is 2.20. The number of nitrogens with zero attached hydrogens (tertiary/aromatic N) is 3. The lowest BCUT2D eigenvalue weighted by molar-refractivity contribution is 0.0570. The van der Waals surface area contributed by atoms with Gasteiger partial charge in [-0.25, -0.2) is 4.98 Å². The highest BCUT2D eigenvalue weighted by Crippen LogP contribution is 2.21. The highest BCUT2D eigenvalue weighted by atomic mass is 16.5. The summed E-state index contributed by atoms with van der Waals surface area (Å²) in [5.41, 5.74) is 0.675. The molecule has 6 nitrogen and oxygen atoms in total. The van der Waals surface area contributed by atoms with Gasteiger partial charge in [-0.15, -0.1) is 0 Å². The van der Waals surface area contributed by atoms with Crippen LogP contribution in [0.25, 0.3) is 0 Å². The summed E-state index contributed by atoms with van der Waals surface area (Å²) >= 11 is 0. The van der Waals surface area contributed by atoms with Gasteiger partial charge in [-0.05, 0) is 43.7 Å². The summed E-state index contributed by atoms with van der Waals surface area (Å²) in [5.74, 6) is 1.47. The minimum absolute atomic E-state index is 0.0814. The van der Waals surface area contributed by atoms with Crippen LogP contribution in [0.5, 0.6) is 0 Å². The number of amides is 1. The lowest BCUT2D eigenvalue weighted by Crippen LogP contribution is -2.41. The van der Waals surface area contributed by atoms with Gasteiger partial charge in [-0.1, -0.05) is 0 Å². The predicted molar refractivity (Wildman–Crippen MR) is 97.0 cm³/mol. The first-order valence-corrected chi connectivity index (χ1v) is 9.23. The molecule has 1 atom stereocenters. The van der Waals surface area contributed by atoms with Crippen LogP contribution in [0, 0.1) is 5.92 Å². The van der Waals surface area contributed by atoms with Gasteiger partial charge in [-0.3, -0.25) is 4.79 Å². The van der Waals surface area contributed by atoms with Gasteiger partial charge in [-0.2, -0.15) is 0 Å². The first kappa shape index (κ1) is 18.1. The minimum Gasteiger partial charge on any atom is -0.384 e. The van der Waals surface area contributed by atoms with Crippen molar-refractivity contribution in [3.63, 3.8) is 0 Å². The van der Waals surface area contributed by atoms with Gasteiger partial charge in [0.25, 0.3) is 5.91 Å². The van der Waals surface area contributed by atoms with Crippen LogP contribution in [-0.2, 0) is 9.47 Å². The van der Waals surface area contributed by atoms with Crippen LogP contribution in [0.2, 0.25) is 0 Å². The molecule has 138 valence electrons. The molecular formula is C19H29N3O3. The summed E-state index contributed by atoms with van der Waals surface area (Å²) in [6.07, 6.45) is 6.30. The second-order valence-electron chi connectivity index (χ2n) is 7.04. The summed E-state index contributed by atoms with van der Waals surface area (Å²) in [5, 5.41) is 0. The lowest BCUT2D eigenvalue weighted by Gasteiger charge is -2.33. The molecule has 6 heteroatoms. The number of hydrogen-bond donors (Lipinski definition) is 0. The van der Waals surface area contributed by atoms with E-state index >= 15 is 0 Å². The van der Waals surface area contributed by atoms with E-state index in [0.717, 1.165) is 64.3 Å². The fourth-order valence-electron chi connectivity index (χ4n) is 3.82. The third-order valence-corrected chi connectivity index (χ3v) is 5.30. The van der Waals surface area contributed by atoms with E-state index in [9.17, 15) is 4.79 Å². The summed E-state index contributed by atoms with van der Waals surface area (Å²) in [6, 6.07) is 3.88. The number of carbonyl (C=O) groups excluding carboxylic acids is 1. The average molecular weight is 347 g/mol. The first-order valence-electron chi connectivity index (χ1n) is 9.23. The summed E-state index contributed by atoms with van der Waals surface area (Å²) < 4.78 is 10.7. The standard InChI is InChI=1S/C19H29N3O3/c1-24-14-15-4-3-9-22(13-15)19(23)16-5-6-18(20-12-16)21-10-7-17(25-2)8-11-21/h5-6,12,15,17H,3-4,7-11,13-14H2,1-2H3. The maximum atomic E-state index is 12.7. The van der Waals surface area contributed by atoms with E-state index in [1.54, 1.807) is 20.4 Å². The van der Waals surface area contributed by atoms with Crippen molar-refractivity contribution in [2.45, 2.75) is 31.8 Å². The molecule has 0 bridgehead atoms. The summed E-state index contributed by atoms with van der Waals surface area (Å²) in [7, 11) is 3.50. The Kier molecular flexibility index (Phi) is 6.26. The largest absolute Gasteiger partial charge is 0.384 e. The van der Waals surface area contributed by atoms with Crippen LogP contribution < -0.4 is 4.90 Å². The molecule has 2 saturated heterocycles. The third kappa shape index (κ3) is 4.50. The van der Waals surface area contributed by atoms with Crippen molar-refractivity contribution in [2.24, 2.45) is 5.92 Å². The first-order chi connectivity index (χ1) is 12.2. The molecule has 1 aromatic rings. The number of rotatable bonds is 5. The molecule has 0 radical (unpaired) electrons. The average Bonchev–Trinajstić information content (AvgIpc) is 2.68. The number of likely N-dealkylation sites (tertiary alicyclic amines) is 1. The van der Waals surface area contributed by atoms with Gasteiger partial charge in [0.05, 0.1) is 18.3 Å². The molecule has 3 heterocycles. The molecule has 2 fully saturated rings. The zero-order chi connectivity index (χ0) is 17.6. The third-order valence-electron chi connectivity index (χ3n) is 5.30. The van der Waals surface area contributed by atoms with E-state index in [4.69, 9.17) is 9.47 Å². The van der Waals surface area contributed by atoms with E-state index < -0.39 is 0 Å². The van der Waals surface area contributed by atoms with Crippen LogP contribution in [-0.4, -0.2) is 68.9 Å². The molecule has 1 amide bonds. The number of piperidine rings is 2. The number of methoxy groups -OCH3 is 2. The topological polar surface area (TPSA) is 54.9 Å². The van der Waals surface area contributed by atoms with Crippen LogP contribution in [0.1, 0.15) is 36.0 Å². The molecule has 25 heavy (non-hydrogen) atoms. The summed E-state index contributed by atoms with van der Waals surface area (Å²) in [4.78, 5) is 21.5. The Labute approximate surface area is 150 Å². The number of aromatic nitrogens is 1.